The average molecular weight is 205 g/mol. The highest BCUT2D eigenvalue weighted by Crippen LogP contribution is 2.32. The molecule has 1 saturated heterocycles. The van der Waals surface area contributed by atoms with E-state index in [1.54, 1.807) is 0 Å². The number of hydrogen-bond acceptors (Lipinski definition) is 2. The molecule has 1 N–H and O–H groups in total. The minimum absolute atomic E-state index is 0.0578. The molecule has 2 rings (SSSR count). The van der Waals surface area contributed by atoms with Crippen LogP contribution < -0.4 is 5.32 Å². The van der Waals surface area contributed by atoms with Gasteiger partial charge in [0.2, 0.25) is 0 Å². The minimum atomic E-state index is -0.0578. The van der Waals surface area contributed by atoms with Crippen molar-refractivity contribution in [2.45, 2.75) is 31.4 Å². The van der Waals surface area contributed by atoms with Gasteiger partial charge in [-0.1, -0.05) is 30.3 Å². The monoisotopic (exact) mass is 205 g/mol. The van der Waals surface area contributed by atoms with E-state index >= 15 is 0 Å². The molecule has 0 bridgehead atoms. The van der Waals surface area contributed by atoms with Gasteiger partial charge in [-0.05, 0) is 32.4 Å². The zero-order valence-electron chi connectivity index (χ0n) is 9.49. The first-order valence-electron chi connectivity index (χ1n) is 5.63. The SMILES string of the molecule is CNC(C)(c1ccccc1)C1CCCO1. The second-order valence-corrected chi connectivity index (χ2v) is 4.32. The molecule has 1 aliphatic heterocycles. The molecular formula is C13H19NO. The highest BCUT2D eigenvalue weighted by atomic mass is 16.5. The summed E-state index contributed by atoms with van der Waals surface area (Å²) in [5.74, 6) is 0. The van der Waals surface area contributed by atoms with E-state index in [-0.39, 0.29) is 5.54 Å². The smallest absolute Gasteiger partial charge is 0.0796 e. The van der Waals surface area contributed by atoms with Crippen molar-refractivity contribution in [1.82, 2.24) is 5.32 Å². The summed E-state index contributed by atoms with van der Waals surface area (Å²) >= 11 is 0. The number of benzene rings is 1. The van der Waals surface area contributed by atoms with Crippen LogP contribution in [0, 0.1) is 0 Å². The quantitative estimate of drug-likeness (QED) is 0.817. The topological polar surface area (TPSA) is 21.3 Å². The molecule has 1 aliphatic rings. The van der Waals surface area contributed by atoms with Gasteiger partial charge >= 0.3 is 0 Å². The van der Waals surface area contributed by atoms with Crippen LogP contribution >= 0.6 is 0 Å². The normalized spacial score (nSPS) is 25.1. The molecule has 0 saturated carbocycles. The fourth-order valence-electron chi connectivity index (χ4n) is 2.31. The van der Waals surface area contributed by atoms with Crippen molar-refractivity contribution in [2.24, 2.45) is 0 Å². The van der Waals surface area contributed by atoms with E-state index in [4.69, 9.17) is 4.74 Å². The lowest BCUT2D eigenvalue weighted by atomic mass is 9.85. The third-order valence-electron chi connectivity index (χ3n) is 3.47. The summed E-state index contributed by atoms with van der Waals surface area (Å²) in [5, 5.41) is 3.41. The lowest BCUT2D eigenvalue weighted by Crippen LogP contribution is -2.47. The fourth-order valence-corrected chi connectivity index (χ4v) is 2.31. The third-order valence-corrected chi connectivity index (χ3v) is 3.47. The van der Waals surface area contributed by atoms with E-state index in [0.717, 1.165) is 13.0 Å². The van der Waals surface area contributed by atoms with Crippen LogP contribution in [0.25, 0.3) is 0 Å². The van der Waals surface area contributed by atoms with Gasteiger partial charge < -0.3 is 10.1 Å². The molecule has 0 radical (unpaired) electrons. The summed E-state index contributed by atoms with van der Waals surface area (Å²) in [6.45, 7) is 3.12. The molecule has 2 heteroatoms. The van der Waals surface area contributed by atoms with Crippen molar-refractivity contribution >= 4 is 0 Å². The summed E-state index contributed by atoms with van der Waals surface area (Å²) in [6, 6.07) is 10.5. The number of likely N-dealkylation sites (N-methyl/N-ethyl adjacent to an activating group) is 1. The molecule has 1 fully saturated rings. The van der Waals surface area contributed by atoms with Crippen molar-refractivity contribution in [3.8, 4) is 0 Å². The Morgan fingerprint density at radius 3 is 2.60 bits per heavy atom. The number of nitrogens with one attached hydrogen (secondary N) is 1. The third kappa shape index (κ3) is 1.92. The van der Waals surface area contributed by atoms with Gasteiger partial charge in [0.15, 0.2) is 0 Å². The van der Waals surface area contributed by atoms with Crippen LogP contribution in [0.3, 0.4) is 0 Å². The summed E-state index contributed by atoms with van der Waals surface area (Å²) < 4.78 is 5.80. The van der Waals surface area contributed by atoms with Gasteiger partial charge in [0.1, 0.15) is 0 Å². The van der Waals surface area contributed by atoms with Gasteiger partial charge in [0.25, 0.3) is 0 Å². The molecule has 0 spiro atoms. The van der Waals surface area contributed by atoms with Crippen LogP contribution in [0.1, 0.15) is 25.3 Å². The second-order valence-electron chi connectivity index (χ2n) is 4.32. The van der Waals surface area contributed by atoms with Crippen LogP contribution in [0.15, 0.2) is 30.3 Å². The molecule has 1 aromatic rings. The summed E-state index contributed by atoms with van der Waals surface area (Å²) in [5.41, 5.74) is 1.25. The molecular weight excluding hydrogens is 186 g/mol. The molecule has 0 aromatic heterocycles. The average Bonchev–Trinajstić information content (AvgIpc) is 2.83. The van der Waals surface area contributed by atoms with E-state index < -0.39 is 0 Å². The first-order valence-corrected chi connectivity index (χ1v) is 5.63. The van der Waals surface area contributed by atoms with Crippen molar-refractivity contribution in [1.29, 1.82) is 0 Å². The van der Waals surface area contributed by atoms with Crippen molar-refractivity contribution in [3.05, 3.63) is 35.9 Å². The Balaban J connectivity index is 2.28. The van der Waals surface area contributed by atoms with Crippen molar-refractivity contribution in [3.63, 3.8) is 0 Å². The molecule has 1 aromatic carbocycles. The molecule has 2 atom stereocenters. The van der Waals surface area contributed by atoms with E-state index in [9.17, 15) is 0 Å². The standard InChI is InChI=1S/C13H19NO/c1-13(14-2,12-9-6-10-15-12)11-7-4-3-5-8-11/h3-5,7-8,12,14H,6,9-10H2,1-2H3. The van der Waals surface area contributed by atoms with Crippen molar-refractivity contribution < 1.29 is 4.74 Å². The largest absolute Gasteiger partial charge is 0.376 e. The van der Waals surface area contributed by atoms with Crippen LogP contribution in [-0.4, -0.2) is 19.8 Å². The summed E-state index contributed by atoms with van der Waals surface area (Å²) in [4.78, 5) is 0. The van der Waals surface area contributed by atoms with E-state index in [1.165, 1.54) is 12.0 Å². The maximum Gasteiger partial charge on any atom is 0.0796 e. The van der Waals surface area contributed by atoms with Gasteiger partial charge in [0.05, 0.1) is 11.6 Å². The van der Waals surface area contributed by atoms with Crippen LogP contribution in [0.2, 0.25) is 0 Å². The Morgan fingerprint density at radius 1 is 1.33 bits per heavy atom. The Hall–Kier alpha value is -0.860. The highest BCUT2D eigenvalue weighted by molar-refractivity contribution is 5.25. The lowest BCUT2D eigenvalue weighted by Gasteiger charge is -2.35. The van der Waals surface area contributed by atoms with Crippen molar-refractivity contribution in [2.75, 3.05) is 13.7 Å². The summed E-state index contributed by atoms with van der Waals surface area (Å²) in [7, 11) is 2.01. The molecule has 82 valence electrons. The molecule has 15 heavy (non-hydrogen) atoms. The lowest BCUT2D eigenvalue weighted by molar-refractivity contribution is 0.0375. The summed E-state index contributed by atoms with van der Waals surface area (Å²) in [6.07, 6.45) is 2.62. The Labute approximate surface area is 91.6 Å². The maximum absolute atomic E-state index is 5.80. The predicted molar refractivity (Wildman–Crippen MR) is 61.8 cm³/mol. The predicted octanol–water partition coefficient (Wildman–Crippen LogP) is 2.30. The molecule has 0 aliphatic carbocycles. The van der Waals surface area contributed by atoms with Gasteiger partial charge in [-0.15, -0.1) is 0 Å². The second kappa shape index (κ2) is 4.33. The first kappa shape index (κ1) is 10.7. The zero-order chi connectivity index (χ0) is 10.7. The Morgan fingerprint density at radius 2 is 2.07 bits per heavy atom. The minimum Gasteiger partial charge on any atom is -0.376 e. The Kier molecular flexibility index (Phi) is 3.08. The van der Waals surface area contributed by atoms with Gasteiger partial charge in [-0.2, -0.15) is 0 Å². The van der Waals surface area contributed by atoms with Gasteiger partial charge in [0, 0.05) is 6.61 Å². The Bertz CT molecular complexity index is 306. The van der Waals surface area contributed by atoms with E-state index in [0.29, 0.717) is 6.10 Å². The molecule has 0 amide bonds. The van der Waals surface area contributed by atoms with Crippen LogP contribution in [0.5, 0.6) is 0 Å². The molecule has 1 heterocycles. The van der Waals surface area contributed by atoms with Crippen LogP contribution in [0.4, 0.5) is 0 Å². The fraction of sp³-hybridized carbons (Fsp3) is 0.538. The zero-order valence-corrected chi connectivity index (χ0v) is 9.49. The molecule has 2 unspecified atom stereocenters. The molecule has 2 nitrogen and oxygen atoms in total. The van der Waals surface area contributed by atoms with Gasteiger partial charge in [-0.25, -0.2) is 0 Å². The van der Waals surface area contributed by atoms with E-state index in [1.807, 2.05) is 7.05 Å². The first-order chi connectivity index (χ1) is 7.27. The number of hydrogen-bond donors (Lipinski definition) is 1. The maximum atomic E-state index is 5.80. The number of ether oxygens (including phenoxy) is 1. The van der Waals surface area contributed by atoms with Crippen LogP contribution in [-0.2, 0) is 10.3 Å². The van der Waals surface area contributed by atoms with E-state index in [2.05, 4.69) is 42.6 Å². The van der Waals surface area contributed by atoms with Gasteiger partial charge in [-0.3, -0.25) is 0 Å². The number of rotatable bonds is 3. The highest BCUT2D eigenvalue weighted by Gasteiger charge is 2.37.